The molecule has 0 aliphatic rings. The van der Waals surface area contributed by atoms with E-state index >= 15 is 0 Å². The lowest BCUT2D eigenvalue weighted by molar-refractivity contribution is -0.115. The zero-order valence-corrected chi connectivity index (χ0v) is 23.0. The van der Waals surface area contributed by atoms with Gasteiger partial charge in [0.05, 0.1) is 12.4 Å². The summed E-state index contributed by atoms with van der Waals surface area (Å²) >= 11 is 2.82. The average molecular weight is 558 g/mol. The summed E-state index contributed by atoms with van der Waals surface area (Å²) in [5, 5.41) is 9.98. The number of hydrogen-bond donors (Lipinski definition) is 3. The van der Waals surface area contributed by atoms with E-state index in [2.05, 4.69) is 16.0 Å². The van der Waals surface area contributed by atoms with Gasteiger partial charge in [-0.1, -0.05) is 36.4 Å². The monoisotopic (exact) mass is 557 g/mol. The average Bonchev–Trinajstić information content (AvgIpc) is 3.46. The third kappa shape index (κ3) is 8.07. The van der Waals surface area contributed by atoms with Gasteiger partial charge >= 0.3 is 0 Å². The summed E-state index contributed by atoms with van der Waals surface area (Å²) in [4.78, 5) is 40.4. The minimum atomic E-state index is -0.460. The normalized spacial score (nSPS) is 11.8. The first-order valence-corrected chi connectivity index (χ1v) is 13.8. The van der Waals surface area contributed by atoms with Gasteiger partial charge in [-0.15, -0.1) is 23.1 Å². The Labute approximate surface area is 235 Å². The molecule has 1 unspecified atom stereocenters. The van der Waals surface area contributed by atoms with Crippen LogP contribution in [0.2, 0.25) is 0 Å². The van der Waals surface area contributed by atoms with Crippen molar-refractivity contribution in [2.45, 2.75) is 17.1 Å². The lowest BCUT2D eigenvalue weighted by Gasteiger charge is -2.14. The highest BCUT2D eigenvalue weighted by molar-refractivity contribution is 8.00. The zero-order valence-electron chi connectivity index (χ0n) is 21.3. The highest BCUT2D eigenvalue weighted by Crippen LogP contribution is 2.27. The summed E-state index contributed by atoms with van der Waals surface area (Å²) < 4.78 is 5.21. The molecule has 198 valence electrons. The van der Waals surface area contributed by atoms with Crippen molar-refractivity contribution in [2.75, 3.05) is 17.7 Å². The molecule has 0 fully saturated rings. The van der Waals surface area contributed by atoms with E-state index in [-0.39, 0.29) is 17.5 Å². The summed E-state index contributed by atoms with van der Waals surface area (Å²) in [5.74, 6) is -0.344. The third-order valence-corrected chi connectivity index (χ3v) is 7.38. The maximum Gasteiger partial charge on any atom is 0.272 e. The Morgan fingerprint density at radius 1 is 0.872 bits per heavy atom. The van der Waals surface area contributed by atoms with Gasteiger partial charge in [0.25, 0.3) is 11.8 Å². The number of thiophene rings is 1. The number of hydrogen-bond acceptors (Lipinski definition) is 6. The highest BCUT2D eigenvalue weighted by Gasteiger charge is 2.17. The summed E-state index contributed by atoms with van der Waals surface area (Å²) in [7, 11) is 1.57. The van der Waals surface area contributed by atoms with Crippen molar-refractivity contribution in [3.8, 4) is 5.75 Å². The van der Waals surface area contributed by atoms with Crippen molar-refractivity contribution < 1.29 is 19.1 Å². The molecule has 0 aliphatic heterocycles. The van der Waals surface area contributed by atoms with E-state index in [0.717, 1.165) is 9.77 Å². The molecule has 0 saturated carbocycles. The number of nitrogens with one attached hydrogen (secondary N) is 3. The summed E-state index contributed by atoms with van der Waals surface area (Å²) in [6.07, 6.45) is 1.64. The predicted octanol–water partition coefficient (Wildman–Crippen LogP) is 6.29. The SMILES string of the molecule is COc1cccc(NC(=O)C(C)Sc2cccc(NC(=O)/C(=C/c3cccs3)NC(=O)c3ccccc3)c2)c1. The molecule has 0 aliphatic carbocycles. The Hall–Kier alpha value is -4.34. The van der Waals surface area contributed by atoms with E-state index in [1.807, 2.05) is 48.7 Å². The fourth-order valence-corrected chi connectivity index (χ4v) is 5.09. The maximum absolute atomic E-state index is 13.2. The fraction of sp³-hybridized carbons (Fsp3) is 0.100. The largest absolute Gasteiger partial charge is 0.497 e. The molecule has 0 bridgehead atoms. The standard InChI is InChI=1S/C30H27N3O4S2/c1-20(28(34)31-22-11-6-13-24(17-22)37-2)39-26-14-7-12-23(18-26)32-30(36)27(19-25-15-8-16-38-25)33-29(35)21-9-4-3-5-10-21/h3-20H,1-2H3,(H,31,34)(H,32,36)(H,33,35)/b27-19-. The van der Waals surface area contributed by atoms with Crippen LogP contribution < -0.4 is 20.7 Å². The van der Waals surface area contributed by atoms with Crippen molar-refractivity contribution in [1.82, 2.24) is 5.32 Å². The van der Waals surface area contributed by atoms with Gasteiger partial charge in [-0.2, -0.15) is 0 Å². The van der Waals surface area contributed by atoms with Crippen LogP contribution in [0.4, 0.5) is 11.4 Å². The van der Waals surface area contributed by atoms with Gasteiger partial charge in [0.2, 0.25) is 5.91 Å². The molecule has 3 aromatic carbocycles. The van der Waals surface area contributed by atoms with Gasteiger partial charge in [-0.25, -0.2) is 0 Å². The highest BCUT2D eigenvalue weighted by atomic mass is 32.2. The second-order valence-electron chi connectivity index (χ2n) is 8.36. The van der Waals surface area contributed by atoms with Crippen molar-refractivity contribution in [2.24, 2.45) is 0 Å². The Morgan fingerprint density at radius 2 is 1.62 bits per heavy atom. The number of thioether (sulfide) groups is 1. The Balaban J connectivity index is 1.43. The number of carbonyl (C=O) groups is 3. The van der Waals surface area contributed by atoms with Gasteiger partial charge in [0, 0.05) is 32.8 Å². The molecule has 7 nitrogen and oxygen atoms in total. The molecule has 0 saturated heterocycles. The third-order valence-electron chi connectivity index (χ3n) is 5.47. The molecule has 1 heterocycles. The van der Waals surface area contributed by atoms with Gasteiger partial charge in [0.15, 0.2) is 0 Å². The van der Waals surface area contributed by atoms with Crippen LogP contribution in [0.5, 0.6) is 5.75 Å². The van der Waals surface area contributed by atoms with Crippen LogP contribution in [0, 0.1) is 0 Å². The smallest absolute Gasteiger partial charge is 0.272 e. The maximum atomic E-state index is 13.2. The Bertz CT molecular complexity index is 1470. The molecule has 4 rings (SSSR count). The molecule has 9 heteroatoms. The lowest BCUT2D eigenvalue weighted by atomic mass is 10.2. The fourth-order valence-electron chi connectivity index (χ4n) is 3.51. The summed E-state index contributed by atoms with van der Waals surface area (Å²) in [6.45, 7) is 1.81. The number of benzene rings is 3. The summed E-state index contributed by atoms with van der Waals surface area (Å²) in [6, 6.07) is 26.8. The van der Waals surface area contributed by atoms with Crippen LogP contribution >= 0.6 is 23.1 Å². The number of methoxy groups -OCH3 is 1. The number of ether oxygens (including phenoxy) is 1. The van der Waals surface area contributed by atoms with Crippen molar-refractivity contribution in [3.63, 3.8) is 0 Å². The van der Waals surface area contributed by atoms with Crippen LogP contribution in [0.1, 0.15) is 22.2 Å². The van der Waals surface area contributed by atoms with Gasteiger partial charge in [-0.3, -0.25) is 14.4 Å². The topological polar surface area (TPSA) is 96.5 Å². The molecule has 0 spiro atoms. The second kappa shape index (κ2) is 13.5. The van der Waals surface area contributed by atoms with Crippen LogP contribution in [0.25, 0.3) is 6.08 Å². The lowest BCUT2D eigenvalue weighted by Crippen LogP contribution is -2.30. The molecule has 1 aromatic heterocycles. The predicted molar refractivity (Wildman–Crippen MR) is 158 cm³/mol. The van der Waals surface area contributed by atoms with Gasteiger partial charge < -0.3 is 20.7 Å². The number of carbonyl (C=O) groups excluding carboxylic acids is 3. The second-order valence-corrected chi connectivity index (χ2v) is 10.8. The minimum absolute atomic E-state index is 0.121. The van der Waals surface area contributed by atoms with E-state index in [1.165, 1.54) is 23.1 Å². The van der Waals surface area contributed by atoms with Crippen molar-refractivity contribution in [3.05, 3.63) is 113 Å². The van der Waals surface area contributed by atoms with E-state index in [1.54, 1.807) is 67.8 Å². The number of anilines is 2. The Morgan fingerprint density at radius 3 is 2.33 bits per heavy atom. The molecule has 3 N–H and O–H groups in total. The van der Waals surface area contributed by atoms with Gasteiger partial charge in [-0.05, 0) is 66.9 Å². The molecule has 0 radical (unpaired) electrons. The molecule has 39 heavy (non-hydrogen) atoms. The van der Waals surface area contributed by atoms with Crippen LogP contribution in [-0.4, -0.2) is 30.1 Å². The number of amides is 3. The quantitative estimate of drug-likeness (QED) is 0.157. The molecular formula is C30H27N3O4S2. The van der Waals surface area contributed by atoms with E-state index < -0.39 is 11.2 Å². The first-order chi connectivity index (χ1) is 18.9. The number of rotatable bonds is 10. The van der Waals surface area contributed by atoms with E-state index in [0.29, 0.717) is 22.7 Å². The van der Waals surface area contributed by atoms with E-state index in [4.69, 9.17) is 4.74 Å². The summed E-state index contributed by atoms with van der Waals surface area (Å²) in [5.41, 5.74) is 1.75. The molecule has 1 atom stereocenters. The Kier molecular flexibility index (Phi) is 9.55. The van der Waals surface area contributed by atoms with Crippen molar-refractivity contribution >= 4 is 58.3 Å². The van der Waals surface area contributed by atoms with Crippen molar-refractivity contribution in [1.29, 1.82) is 0 Å². The zero-order chi connectivity index (χ0) is 27.6. The van der Waals surface area contributed by atoms with Gasteiger partial charge in [0.1, 0.15) is 11.4 Å². The first-order valence-electron chi connectivity index (χ1n) is 12.1. The molecule has 3 amide bonds. The van der Waals surface area contributed by atoms with E-state index in [9.17, 15) is 14.4 Å². The minimum Gasteiger partial charge on any atom is -0.497 e. The first kappa shape index (κ1) is 27.7. The van der Waals surface area contributed by atoms with Crippen LogP contribution in [-0.2, 0) is 9.59 Å². The molecule has 4 aromatic rings. The molecular weight excluding hydrogens is 530 g/mol. The van der Waals surface area contributed by atoms with Crippen LogP contribution in [0.3, 0.4) is 0 Å². The van der Waals surface area contributed by atoms with Crippen LogP contribution in [0.15, 0.2) is 107 Å².